The van der Waals surface area contributed by atoms with Gasteiger partial charge in [-0.25, -0.2) is 4.63 Å². The first-order valence-electron chi connectivity index (χ1n) is 8.10. The highest BCUT2D eigenvalue weighted by atomic mass is 16.6. The molecule has 0 atom stereocenters. The number of aryl methyl sites for hydroxylation is 2. The van der Waals surface area contributed by atoms with Crippen molar-refractivity contribution in [1.82, 2.24) is 10.3 Å². The number of nitrogens with one attached hydrogen (secondary N) is 1. The molecule has 1 amide bonds. The van der Waals surface area contributed by atoms with Crippen LogP contribution in [0.5, 0.6) is 0 Å². The average molecular weight is 342 g/mol. The molecule has 25 heavy (non-hydrogen) atoms. The molecule has 8 heteroatoms. The van der Waals surface area contributed by atoms with Crippen molar-refractivity contribution in [2.75, 3.05) is 36.5 Å². The van der Waals surface area contributed by atoms with Gasteiger partial charge in [-0.05, 0) is 42.4 Å². The van der Waals surface area contributed by atoms with Crippen molar-refractivity contribution in [2.24, 2.45) is 0 Å². The van der Waals surface area contributed by atoms with Crippen LogP contribution >= 0.6 is 0 Å². The zero-order valence-corrected chi connectivity index (χ0v) is 14.0. The number of ether oxygens (including phenoxy) is 1. The van der Waals surface area contributed by atoms with Gasteiger partial charge in [-0.3, -0.25) is 4.79 Å². The zero-order valence-electron chi connectivity index (χ0n) is 14.0. The van der Waals surface area contributed by atoms with E-state index in [1.165, 1.54) is 0 Å². The fourth-order valence-corrected chi connectivity index (χ4v) is 3.06. The van der Waals surface area contributed by atoms with Crippen molar-refractivity contribution in [3.05, 3.63) is 35.3 Å². The summed E-state index contributed by atoms with van der Waals surface area (Å²) in [5.41, 5.74) is 3.12. The summed E-state index contributed by atoms with van der Waals surface area (Å²) in [5, 5.41) is 10.9. The van der Waals surface area contributed by atoms with E-state index in [-0.39, 0.29) is 5.91 Å². The van der Waals surface area contributed by atoms with Crippen LogP contribution in [0.25, 0.3) is 11.0 Å². The molecule has 1 fully saturated rings. The second-order valence-corrected chi connectivity index (χ2v) is 5.97. The maximum absolute atomic E-state index is 12.5. The number of amides is 1. The Labute approximate surface area is 143 Å². The first-order chi connectivity index (χ1) is 12.1. The molecule has 0 spiro atoms. The molecule has 0 saturated carbocycles. The molecule has 3 heterocycles. The Morgan fingerprint density at radius 3 is 2.64 bits per heavy atom. The number of carbonyl (C=O) groups excluding carboxylic acids is 1. The van der Waals surface area contributed by atoms with E-state index >= 15 is 0 Å². The molecule has 130 valence electrons. The summed E-state index contributed by atoms with van der Waals surface area (Å²) in [6.07, 6.45) is 0. The van der Waals surface area contributed by atoms with E-state index in [0.717, 1.165) is 18.8 Å². The molecule has 1 aliphatic rings. The quantitative estimate of drug-likeness (QED) is 0.781. The number of anilines is 2. The van der Waals surface area contributed by atoms with Gasteiger partial charge in [-0.1, -0.05) is 0 Å². The average Bonchev–Trinajstić information content (AvgIpc) is 3.22. The lowest BCUT2D eigenvalue weighted by Crippen LogP contribution is -2.36. The maximum atomic E-state index is 12.5. The Hall–Kier alpha value is -2.87. The molecule has 0 bridgehead atoms. The smallest absolute Gasteiger partial charge is 0.259 e. The van der Waals surface area contributed by atoms with Gasteiger partial charge in [0.2, 0.25) is 0 Å². The summed E-state index contributed by atoms with van der Waals surface area (Å²) in [6.45, 7) is 6.47. The topological polar surface area (TPSA) is 93.6 Å². The van der Waals surface area contributed by atoms with Crippen LogP contribution < -0.4 is 10.2 Å². The number of aromatic nitrogens is 2. The van der Waals surface area contributed by atoms with Crippen molar-refractivity contribution < 1.29 is 18.6 Å². The van der Waals surface area contributed by atoms with Crippen molar-refractivity contribution in [1.29, 1.82) is 0 Å². The van der Waals surface area contributed by atoms with Crippen LogP contribution in [-0.2, 0) is 4.74 Å². The number of furan rings is 1. The number of rotatable bonds is 3. The molecular weight excluding hydrogens is 324 g/mol. The highest BCUT2D eigenvalue weighted by Gasteiger charge is 2.21. The lowest BCUT2D eigenvalue weighted by atomic mass is 10.2. The molecule has 1 N–H and O–H groups in total. The number of nitrogens with zero attached hydrogens (tertiary/aromatic N) is 3. The van der Waals surface area contributed by atoms with E-state index in [4.69, 9.17) is 13.8 Å². The summed E-state index contributed by atoms with van der Waals surface area (Å²) >= 11 is 0. The second-order valence-electron chi connectivity index (χ2n) is 5.97. The van der Waals surface area contributed by atoms with Crippen LogP contribution in [0.2, 0.25) is 0 Å². The van der Waals surface area contributed by atoms with Crippen molar-refractivity contribution in [3.8, 4) is 0 Å². The van der Waals surface area contributed by atoms with E-state index in [2.05, 4.69) is 20.5 Å². The van der Waals surface area contributed by atoms with Gasteiger partial charge >= 0.3 is 0 Å². The minimum atomic E-state index is -0.252. The van der Waals surface area contributed by atoms with Crippen LogP contribution in [0.15, 0.2) is 27.2 Å². The third-order valence-corrected chi connectivity index (χ3v) is 4.28. The summed E-state index contributed by atoms with van der Waals surface area (Å²) in [4.78, 5) is 14.7. The van der Waals surface area contributed by atoms with E-state index in [0.29, 0.717) is 47.0 Å². The van der Waals surface area contributed by atoms with E-state index in [1.54, 1.807) is 19.9 Å². The predicted octanol–water partition coefficient (Wildman–Crippen LogP) is 2.52. The van der Waals surface area contributed by atoms with Crippen molar-refractivity contribution >= 4 is 28.3 Å². The van der Waals surface area contributed by atoms with Gasteiger partial charge in [0, 0.05) is 13.1 Å². The standard InChI is InChI=1S/C17H18N4O4/c1-10-9-12(11(2)24-10)17(22)18-13-3-4-14(16-15(13)19-25-20-16)21-5-7-23-8-6-21/h3-4,9H,5-8H2,1-2H3,(H,18,22). The molecule has 8 nitrogen and oxygen atoms in total. The lowest BCUT2D eigenvalue weighted by Gasteiger charge is -2.28. The Kier molecular flexibility index (Phi) is 3.89. The number of hydrogen-bond acceptors (Lipinski definition) is 7. The first-order valence-corrected chi connectivity index (χ1v) is 8.10. The van der Waals surface area contributed by atoms with E-state index in [9.17, 15) is 4.79 Å². The molecule has 1 aromatic carbocycles. The lowest BCUT2D eigenvalue weighted by molar-refractivity contribution is 0.102. The van der Waals surface area contributed by atoms with Crippen LogP contribution in [0.4, 0.5) is 11.4 Å². The second kappa shape index (κ2) is 6.21. The van der Waals surface area contributed by atoms with Crippen LogP contribution in [-0.4, -0.2) is 42.5 Å². The summed E-state index contributed by atoms with van der Waals surface area (Å²) < 4.78 is 15.7. The maximum Gasteiger partial charge on any atom is 0.259 e. The van der Waals surface area contributed by atoms with Gasteiger partial charge in [-0.15, -0.1) is 0 Å². The molecule has 0 radical (unpaired) electrons. The third kappa shape index (κ3) is 2.85. The van der Waals surface area contributed by atoms with Gasteiger partial charge in [0.1, 0.15) is 11.5 Å². The number of benzene rings is 1. The Balaban J connectivity index is 1.66. The highest BCUT2D eigenvalue weighted by molar-refractivity contribution is 6.09. The summed E-state index contributed by atoms with van der Waals surface area (Å²) in [5.74, 6) is 1.02. The minimum Gasteiger partial charge on any atom is -0.466 e. The number of morpholine rings is 1. The van der Waals surface area contributed by atoms with Crippen LogP contribution in [0.3, 0.4) is 0 Å². The van der Waals surface area contributed by atoms with E-state index in [1.807, 2.05) is 12.1 Å². The molecule has 1 saturated heterocycles. The predicted molar refractivity (Wildman–Crippen MR) is 91.0 cm³/mol. The summed E-state index contributed by atoms with van der Waals surface area (Å²) in [6, 6.07) is 5.45. The Morgan fingerprint density at radius 2 is 1.92 bits per heavy atom. The van der Waals surface area contributed by atoms with Crippen LogP contribution in [0, 0.1) is 13.8 Å². The molecule has 2 aromatic heterocycles. The van der Waals surface area contributed by atoms with Gasteiger partial charge < -0.3 is 19.4 Å². The van der Waals surface area contributed by atoms with Crippen molar-refractivity contribution in [3.63, 3.8) is 0 Å². The fourth-order valence-electron chi connectivity index (χ4n) is 3.06. The molecule has 0 unspecified atom stereocenters. The number of hydrogen-bond donors (Lipinski definition) is 1. The van der Waals surface area contributed by atoms with Crippen LogP contribution in [0.1, 0.15) is 21.9 Å². The fraction of sp³-hybridized carbons (Fsp3) is 0.353. The molecular formula is C17H18N4O4. The molecule has 0 aliphatic carbocycles. The third-order valence-electron chi connectivity index (χ3n) is 4.28. The largest absolute Gasteiger partial charge is 0.466 e. The SMILES string of the molecule is Cc1cc(C(=O)Nc2ccc(N3CCOCC3)c3nonc23)c(C)o1. The highest BCUT2D eigenvalue weighted by Crippen LogP contribution is 2.31. The normalized spacial score (nSPS) is 14.9. The molecule has 4 rings (SSSR count). The van der Waals surface area contributed by atoms with Gasteiger partial charge in [-0.2, -0.15) is 0 Å². The summed E-state index contributed by atoms with van der Waals surface area (Å²) in [7, 11) is 0. The molecule has 1 aliphatic heterocycles. The number of carbonyl (C=O) groups is 1. The zero-order chi connectivity index (χ0) is 17.4. The number of fused-ring (bicyclic) bond motifs is 1. The van der Waals surface area contributed by atoms with Crippen molar-refractivity contribution in [2.45, 2.75) is 13.8 Å². The van der Waals surface area contributed by atoms with E-state index < -0.39 is 0 Å². The Morgan fingerprint density at radius 1 is 1.16 bits per heavy atom. The van der Waals surface area contributed by atoms with Gasteiger partial charge in [0.05, 0.1) is 30.2 Å². The van der Waals surface area contributed by atoms with Gasteiger partial charge in [0.25, 0.3) is 5.91 Å². The molecule has 3 aromatic rings. The van der Waals surface area contributed by atoms with Gasteiger partial charge in [0.15, 0.2) is 11.0 Å². The minimum absolute atomic E-state index is 0.252. The monoisotopic (exact) mass is 342 g/mol. The Bertz CT molecular complexity index is 924. The first kappa shape index (κ1) is 15.6.